The van der Waals surface area contributed by atoms with Crippen LogP contribution in [0.1, 0.15) is 30.9 Å². The number of alkyl halides is 6. The van der Waals surface area contributed by atoms with Crippen LogP contribution < -0.4 is 21.9 Å². The van der Waals surface area contributed by atoms with Crippen LogP contribution in [0.15, 0.2) is 9.59 Å². The number of hydrogen-bond donors (Lipinski definition) is 3. The number of aromatic amines is 1. The molecule has 2 heterocycles. The molecule has 2 atom stereocenters. The minimum absolute atomic E-state index is 0.0265. The Morgan fingerprint density at radius 3 is 2.21 bits per heavy atom. The van der Waals surface area contributed by atoms with Crippen LogP contribution in [0.3, 0.4) is 0 Å². The summed E-state index contributed by atoms with van der Waals surface area (Å²) in [6.07, 6.45) is -10.2. The van der Waals surface area contributed by atoms with Crippen LogP contribution in [-0.2, 0) is 0 Å². The van der Waals surface area contributed by atoms with Crippen LogP contribution in [0.5, 0.6) is 5.75 Å². The summed E-state index contributed by atoms with van der Waals surface area (Å²) in [5.74, 6) is -7.34. The van der Waals surface area contributed by atoms with Gasteiger partial charge in [0.15, 0.2) is 17.5 Å². The Balaban J connectivity index is 1.78. The molecule has 0 radical (unpaired) electrons. The van der Waals surface area contributed by atoms with Crippen molar-refractivity contribution >= 4 is 16.6 Å². The molecule has 34 heavy (non-hydrogen) atoms. The maximum Gasteiger partial charge on any atom is 0.402 e. The van der Waals surface area contributed by atoms with Crippen molar-refractivity contribution in [3.05, 3.63) is 32.2 Å². The van der Waals surface area contributed by atoms with Crippen molar-refractivity contribution in [3.63, 3.8) is 0 Å². The van der Waals surface area contributed by atoms with E-state index >= 15 is 4.39 Å². The van der Waals surface area contributed by atoms with Gasteiger partial charge < -0.3 is 15.7 Å². The summed E-state index contributed by atoms with van der Waals surface area (Å²) in [6, 6.07) is -2.61. The molecule has 188 valence electrons. The fraction of sp³-hybridized carbons (Fsp3) is 0.600. The summed E-state index contributed by atoms with van der Waals surface area (Å²) in [5, 5.41) is 9.99. The molecule has 1 aliphatic heterocycles. The van der Waals surface area contributed by atoms with E-state index in [1.165, 1.54) is 16.4 Å². The van der Waals surface area contributed by atoms with Gasteiger partial charge in [-0.05, 0) is 32.1 Å². The summed E-state index contributed by atoms with van der Waals surface area (Å²) in [7, 11) is 0. The number of aromatic nitrogens is 2. The number of rotatable bonds is 4. The average molecular weight is 498 g/mol. The molecule has 4 rings (SSSR count). The minimum Gasteiger partial charge on any atom is -0.504 e. The van der Waals surface area contributed by atoms with Gasteiger partial charge in [-0.2, -0.15) is 26.3 Å². The molecule has 0 bridgehead atoms. The molecule has 1 saturated heterocycles. The van der Waals surface area contributed by atoms with E-state index in [4.69, 9.17) is 5.73 Å². The number of benzene rings is 1. The lowest BCUT2D eigenvalue weighted by Crippen LogP contribution is -2.52. The van der Waals surface area contributed by atoms with Crippen molar-refractivity contribution in [2.45, 2.75) is 50.6 Å². The molecule has 1 aromatic carbocycles. The number of nitrogens with one attached hydrogen (secondary N) is 1. The Morgan fingerprint density at radius 1 is 1.09 bits per heavy atom. The van der Waals surface area contributed by atoms with Crippen molar-refractivity contribution in [1.82, 2.24) is 9.55 Å². The molecule has 1 aromatic heterocycles. The molecule has 7 nitrogen and oxygen atoms in total. The van der Waals surface area contributed by atoms with Gasteiger partial charge in [-0.15, -0.1) is 0 Å². The Kier molecular flexibility index (Phi) is 5.65. The topological polar surface area (TPSA) is 104 Å². The van der Waals surface area contributed by atoms with Gasteiger partial charge in [0.2, 0.25) is 0 Å². The van der Waals surface area contributed by atoms with Crippen LogP contribution in [0.2, 0.25) is 0 Å². The van der Waals surface area contributed by atoms with Crippen molar-refractivity contribution in [1.29, 1.82) is 0 Å². The lowest BCUT2D eigenvalue weighted by molar-refractivity contribution is -0.292. The number of fused-ring (bicyclic) bond motifs is 1. The van der Waals surface area contributed by atoms with E-state index < -0.39 is 65.0 Å². The van der Waals surface area contributed by atoms with Crippen LogP contribution in [-0.4, -0.2) is 46.1 Å². The number of nitrogens with zero attached hydrogens (tertiary/aromatic N) is 2. The number of hydrogen-bond acceptors (Lipinski definition) is 5. The van der Waals surface area contributed by atoms with E-state index in [2.05, 4.69) is 0 Å². The fourth-order valence-corrected chi connectivity index (χ4v) is 4.89. The van der Waals surface area contributed by atoms with E-state index in [1.807, 2.05) is 4.98 Å². The van der Waals surface area contributed by atoms with E-state index in [1.54, 1.807) is 0 Å². The maximum atomic E-state index is 15.2. The lowest BCUT2D eigenvalue weighted by Gasteiger charge is -2.32. The maximum absolute atomic E-state index is 15.2. The zero-order valence-electron chi connectivity index (χ0n) is 17.7. The fourth-order valence-electron chi connectivity index (χ4n) is 4.89. The van der Waals surface area contributed by atoms with E-state index in [0.29, 0.717) is 12.8 Å². The molecule has 2 aliphatic rings. The second-order valence-electron chi connectivity index (χ2n) is 8.85. The Labute approximate surface area is 187 Å². The summed E-state index contributed by atoms with van der Waals surface area (Å²) < 4.78 is 95.2. The highest BCUT2D eigenvalue weighted by atomic mass is 19.4. The van der Waals surface area contributed by atoms with Gasteiger partial charge in [0.1, 0.15) is 5.39 Å². The van der Waals surface area contributed by atoms with Gasteiger partial charge in [0, 0.05) is 30.7 Å². The van der Waals surface area contributed by atoms with E-state index in [0.717, 1.165) is 0 Å². The first-order valence-electron chi connectivity index (χ1n) is 10.5. The normalized spacial score (nSPS) is 20.5. The third-order valence-corrected chi connectivity index (χ3v) is 6.59. The summed E-state index contributed by atoms with van der Waals surface area (Å²) >= 11 is 0. The number of halogens is 7. The SMILES string of the molecule is Cc1c(N2CCC(C(N)C(C(F)(F)F)C(F)(F)F)C2)c(F)c(O)c2c(=O)[nH]c(=O)n(C3CC3)c12. The second-order valence-corrected chi connectivity index (χ2v) is 8.85. The summed E-state index contributed by atoms with van der Waals surface area (Å²) in [6.45, 7) is 0.795. The zero-order valence-corrected chi connectivity index (χ0v) is 17.7. The number of phenolic OH excluding ortho intramolecular Hbond substituents is 1. The summed E-state index contributed by atoms with van der Waals surface area (Å²) in [4.78, 5) is 28.0. The molecule has 2 aromatic rings. The molecule has 0 spiro atoms. The van der Waals surface area contributed by atoms with Gasteiger partial charge in [0.05, 0.1) is 11.2 Å². The standard InChI is InChI=1S/C20H21F7N4O3/c1-7-13-10(17(33)29-18(34)31(13)9-2-3-9)15(32)11(21)14(7)30-5-4-8(6-30)12(28)16(19(22,23)24)20(25,26)27/h8-9,12,16,32H,2-6,28H2,1H3,(H,29,33,34). The third kappa shape index (κ3) is 3.91. The van der Waals surface area contributed by atoms with E-state index in [9.17, 15) is 41.0 Å². The average Bonchev–Trinajstić information content (AvgIpc) is 3.39. The largest absolute Gasteiger partial charge is 0.504 e. The van der Waals surface area contributed by atoms with Gasteiger partial charge in [-0.25, -0.2) is 9.18 Å². The van der Waals surface area contributed by atoms with Crippen LogP contribution in [0, 0.1) is 24.6 Å². The molecule has 4 N–H and O–H groups in total. The van der Waals surface area contributed by atoms with Gasteiger partial charge in [-0.1, -0.05) is 0 Å². The quantitative estimate of drug-likeness (QED) is 0.563. The molecular formula is C20H21F7N4O3. The minimum atomic E-state index is -5.62. The number of aromatic hydroxyl groups is 1. The second kappa shape index (κ2) is 7.89. The molecule has 1 aliphatic carbocycles. The molecular weight excluding hydrogens is 477 g/mol. The van der Waals surface area contributed by atoms with Crippen molar-refractivity contribution < 1.29 is 35.8 Å². The third-order valence-electron chi connectivity index (χ3n) is 6.59. The Hall–Kier alpha value is -2.77. The van der Waals surface area contributed by atoms with Crippen LogP contribution in [0.4, 0.5) is 36.4 Å². The first-order chi connectivity index (χ1) is 15.6. The van der Waals surface area contributed by atoms with Gasteiger partial charge >= 0.3 is 18.0 Å². The molecule has 2 fully saturated rings. The zero-order chi connectivity index (χ0) is 25.3. The van der Waals surface area contributed by atoms with E-state index in [-0.39, 0.29) is 35.8 Å². The lowest BCUT2D eigenvalue weighted by atomic mass is 9.87. The molecule has 2 unspecified atom stereocenters. The van der Waals surface area contributed by atoms with Crippen molar-refractivity contribution in [2.24, 2.45) is 17.6 Å². The van der Waals surface area contributed by atoms with Crippen molar-refractivity contribution in [3.8, 4) is 5.75 Å². The smallest absolute Gasteiger partial charge is 0.402 e. The van der Waals surface area contributed by atoms with Crippen LogP contribution in [0.25, 0.3) is 10.9 Å². The van der Waals surface area contributed by atoms with Gasteiger partial charge in [0.25, 0.3) is 5.56 Å². The first kappa shape index (κ1) is 24.4. The highest BCUT2D eigenvalue weighted by Gasteiger charge is 2.61. The number of aryl methyl sites for hydroxylation is 1. The first-order valence-corrected chi connectivity index (χ1v) is 10.5. The van der Waals surface area contributed by atoms with Crippen molar-refractivity contribution in [2.75, 3.05) is 18.0 Å². The monoisotopic (exact) mass is 498 g/mol. The Bertz CT molecular complexity index is 1230. The number of H-pyrrole nitrogens is 1. The highest BCUT2D eigenvalue weighted by molar-refractivity contribution is 5.92. The van der Waals surface area contributed by atoms with Gasteiger partial charge in [-0.3, -0.25) is 14.3 Å². The number of anilines is 1. The number of phenols is 1. The number of nitrogens with two attached hydrogens (primary N) is 1. The molecule has 1 saturated carbocycles. The molecule has 14 heteroatoms. The predicted molar refractivity (Wildman–Crippen MR) is 107 cm³/mol. The summed E-state index contributed by atoms with van der Waals surface area (Å²) in [5.41, 5.74) is 3.41. The predicted octanol–water partition coefficient (Wildman–Crippen LogP) is 3.07. The molecule has 0 amide bonds. The highest BCUT2D eigenvalue weighted by Crippen LogP contribution is 2.46. The van der Waals surface area contributed by atoms with Crippen LogP contribution >= 0.6 is 0 Å². The Morgan fingerprint density at radius 2 is 1.68 bits per heavy atom.